The van der Waals surface area contributed by atoms with Crippen molar-refractivity contribution in [3.05, 3.63) is 0 Å². The molecule has 32 heavy (non-hydrogen) atoms. The van der Waals surface area contributed by atoms with Crippen LogP contribution in [0.5, 0.6) is 0 Å². The number of carbonyl (C=O) groups excluding carboxylic acids is 1. The van der Waals surface area contributed by atoms with Gasteiger partial charge >= 0.3 is 59.1 Å². The molecule has 3 heterocycles. The van der Waals surface area contributed by atoms with Crippen molar-refractivity contribution in [1.29, 1.82) is 0 Å². The van der Waals surface area contributed by atoms with Crippen molar-refractivity contribution in [2.45, 2.75) is 68.3 Å². The number of nitrogens with zero attached hydrogens (tertiary/aromatic N) is 1. The predicted molar refractivity (Wildman–Crippen MR) is 84.9 cm³/mol. The van der Waals surface area contributed by atoms with Gasteiger partial charge in [0, 0.05) is 6.92 Å². The van der Waals surface area contributed by atoms with Crippen molar-refractivity contribution in [1.82, 2.24) is 0 Å². The van der Waals surface area contributed by atoms with Gasteiger partial charge < -0.3 is 53.8 Å². The summed E-state index contributed by atoms with van der Waals surface area (Å²) in [6, 6.07) is -1.07. The third kappa shape index (κ3) is 6.81. The molecular weight excluding hydrogens is 484 g/mol. The van der Waals surface area contributed by atoms with E-state index in [-0.39, 0.29) is 65.0 Å². The summed E-state index contributed by atoms with van der Waals surface area (Å²) in [5, 5.41) is 51.3. The normalized spacial score (nSPS) is 41.4. The number of carboxylic acids is 1. The van der Waals surface area contributed by atoms with E-state index < -0.39 is 84.3 Å². The SMILES string of the molecule is CC1=N[C@H]2[C@@H](O1)O[C@H](COS(=O)(=O)[O-])[C@H](O)[C@@H]2O[C@@H]1O[C@H](C(=O)[O-])[C@@H](O)[C@H](O)[C@H]1O.[Na+].[Na+]. The van der Waals surface area contributed by atoms with Crippen LogP contribution in [0.15, 0.2) is 4.99 Å². The van der Waals surface area contributed by atoms with E-state index in [9.17, 15) is 43.3 Å². The second-order valence-electron chi connectivity index (χ2n) is 6.80. The zero-order valence-corrected chi connectivity index (χ0v) is 22.0. The number of aliphatic hydroxyl groups excluding tert-OH is 4. The van der Waals surface area contributed by atoms with Gasteiger partial charge in [0.1, 0.15) is 48.8 Å². The van der Waals surface area contributed by atoms with Crippen LogP contribution in [0.25, 0.3) is 0 Å². The van der Waals surface area contributed by atoms with Crippen LogP contribution in [0, 0.1) is 0 Å². The van der Waals surface area contributed by atoms with Crippen molar-refractivity contribution in [3.8, 4) is 0 Å². The third-order valence-corrected chi connectivity index (χ3v) is 5.15. The Morgan fingerprint density at radius 1 is 1.09 bits per heavy atom. The molecule has 0 unspecified atom stereocenters. The van der Waals surface area contributed by atoms with Gasteiger partial charge in [-0.2, -0.15) is 0 Å². The van der Waals surface area contributed by atoms with Gasteiger partial charge in [-0.3, -0.25) is 4.18 Å². The van der Waals surface area contributed by atoms with E-state index >= 15 is 0 Å². The Morgan fingerprint density at radius 2 is 1.72 bits per heavy atom. The van der Waals surface area contributed by atoms with Gasteiger partial charge in [0.2, 0.25) is 16.7 Å². The summed E-state index contributed by atoms with van der Waals surface area (Å²) in [4.78, 5) is 15.2. The molecule has 172 valence electrons. The summed E-state index contributed by atoms with van der Waals surface area (Å²) < 4.78 is 57.2. The molecule has 0 radical (unpaired) electrons. The second kappa shape index (κ2) is 12.0. The molecule has 0 spiro atoms. The van der Waals surface area contributed by atoms with Crippen LogP contribution in [0.2, 0.25) is 0 Å². The van der Waals surface area contributed by atoms with Crippen LogP contribution in [-0.4, -0.2) is 113 Å². The maximum absolute atomic E-state index is 11.1. The average molecular weight is 503 g/mol. The van der Waals surface area contributed by atoms with Crippen molar-refractivity contribution in [2.75, 3.05) is 6.61 Å². The minimum atomic E-state index is -5.11. The Labute approximate surface area is 226 Å². The maximum atomic E-state index is 11.1. The Bertz CT molecular complexity index is 798. The number of aliphatic imine (C=N–C) groups is 1. The number of hydrogen-bond acceptors (Lipinski definition) is 15. The zero-order chi connectivity index (χ0) is 22.4. The minimum Gasteiger partial charge on any atom is -0.726 e. The molecule has 0 saturated carbocycles. The second-order valence-corrected chi connectivity index (χ2v) is 7.85. The first-order chi connectivity index (χ1) is 13.9. The molecule has 3 rings (SSSR count). The summed E-state index contributed by atoms with van der Waals surface area (Å²) in [6.45, 7) is 0.534. The molecule has 4 N–H and O–H groups in total. The van der Waals surface area contributed by atoms with Crippen molar-refractivity contribution < 1.29 is 126 Å². The predicted octanol–water partition coefficient (Wildman–Crippen LogP) is -11.7. The summed E-state index contributed by atoms with van der Waals surface area (Å²) in [7, 11) is -5.11. The first-order valence-corrected chi connectivity index (χ1v) is 9.93. The van der Waals surface area contributed by atoms with E-state index in [0.29, 0.717) is 0 Å². The summed E-state index contributed by atoms with van der Waals surface area (Å²) >= 11 is 0. The van der Waals surface area contributed by atoms with E-state index in [1.807, 2.05) is 0 Å². The Morgan fingerprint density at radius 3 is 2.28 bits per heavy atom. The molecule has 18 heteroatoms. The molecular formula is C14H19NNa2O14S. The first-order valence-electron chi connectivity index (χ1n) is 8.60. The van der Waals surface area contributed by atoms with Crippen molar-refractivity contribution in [2.24, 2.45) is 4.99 Å². The average Bonchev–Trinajstić information content (AvgIpc) is 3.01. The topological polar surface area (TPSA) is 237 Å². The number of aliphatic hydroxyl groups is 4. The van der Waals surface area contributed by atoms with Crippen LogP contribution in [0.3, 0.4) is 0 Å². The molecule has 0 aliphatic carbocycles. The van der Waals surface area contributed by atoms with E-state index in [2.05, 4.69) is 9.18 Å². The number of fused-ring (bicyclic) bond motifs is 1. The molecule has 15 nitrogen and oxygen atoms in total. The number of ether oxygens (including phenoxy) is 4. The Kier molecular flexibility index (Phi) is 11.4. The summed E-state index contributed by atoms with van der Waals surface area (Å²) in [5.41, 5.74) is 0. The van der Waals surface area contributed by atoms with Gasteiger partial charge in [0.05, 0.1) is 12.6 Å². The number of carboxylic acid groups (broad SMARTS) is 1. The van der Waals surface area contributed by atoms with Gasteiger partial charge in [0.25, 0.3) is 0 Å². The molecule has 10 atom stereocenters. The number of rotatable bonds is 6. The fourth-order valence-electron chi connectivity index (χ4n) is 3.30. The van der Waals surface area contributed by atoms with E-state index in [0.717, 1.165) is 0 Å². The molecule has 0 aromatic heterocycles. The quantitative estimate of drug-likeness (QED) is 0.150. The van der Waals surface area contributed by atoms with Gasteiger partial charge in [-0.05, 0) is 0 Å². The Balaban J connectivity index is 0.00000256. The summed E-state index contributed by atoms with van der Waals surface area (Å²) in [5.74, 6) is -1.78. The van der Waals surface area contributed by atoms with E-state index in [1.165, 1.54) is 6.92 Å². The van der Waals surface area contributed by atoms with Gasteiger partial charge in [0.15, 0.2) is 12.2 Å². The van der Waals surface area contributed by atoms with Crippen molar-refractivity contribution in [3.63, 3.8) is 0 Å². The molecule has 0 aromatic rings. The number of carbonyl (C=O) groups is 1. The third-order valence-electron chi connectivity index (χ3n) is 4.73. The standard InChI is InChI=1S/C14H21NO14S.2Na/c1-3-15-5-10(6(16)4(27-13(5)26-3)2-25-30(22,23)24)28-14-9(19)7(17)8(18)11(29-14)12(20)21;;/h4-11,13-14,16-19H,2H2,1H3,(H,20,21)(H,22,23,24);;/q;2*+1/p-2/t4-,5-,6+,7+,8+,9-,10-,11+,13+,14-;;/m1../s1. The Hall–Kier alpha value is 0.530. The molecule has 3 aliphatic heterocycles. The largest absolute Gasteiger partial charge is 1.00 e. The summed E-state index contributed by atoms with van der Waals surface area (Å²) in [6.07, 6.45) is -15.7. The molecule has 0 amide bonds. The van der Waals surface area contributed by atoms with Crippen molar-refractivity contribution >= 4 is 22.3 Å². The number of aliphatic carboxylic acids is 1. The number of hydrogen-bond donors (Lipinski definition) is 4. The van der Waals surface area contributed by atoms with Crippen LogP contribution in [0.1, 0.15) is 6.92 Å². The molecule has 3 aliphatic rings. The molecule has 2 fully saturated rings. The van der Waals surface area contributed by atoms with Gasteiger partial charge in [-0.25, -0.2) is 13.4 Å². The van der Waals surface area contributed by atoms with E-state index in [4.69, 9.17) is 18.9 Å². The monoisotopic (exact) mass is 503 g/mol. The minimum absolute atomic E-state index is 0. The molecule has 0 aromatic carbocycles. The molecule has 2 saturated heterocycles. The van der Waals surface area contributed by atoms with Gasteiger partial charge in [-0.15, -0.1) is 0 Å². The maximum Gasteiger partial charge on any atom is 1.00 e. The molecule has 0 bridgehead atoms. The van der Waals surface area contributed by atoms with Crippen LogP contribution in [-0.2, 0) is 38.3 Å². The first kappa shape index (κ1) is 30.6. The van der Waals surface area contributed by atoms with E-state index in [1.54, 1.807) is 0 Å². The zero-order valence-electron chi connectivity index (χ0n) is 17.2. The van der Waals surface area contributed by atoms with Gasteiger partial charge in [-0.1, -0.05) is 0 Å². The van der Waals surface area contributed by atoms with Crippen LogP contribution >= 0.6 is 0 Å². The van der Waals surface area contributed by atoms with Crippen LogP contribution in [0.4, 0.5) is 0 Å². The fourth-order valence-corrected chi connectivity index (χ4v) is 3.60. The van der Waals surface area contributed by atoms with Crippen LogP contribution < -0.4 is 64.2 Å². The fraction of sp³-hybridized carbons (Fsp3) is 0.857. The smallest absolute Gasteiger partial charge is 0.726 e.